The maximum atomic E-state index is 12.0. The molecule has 0 aliphatic heterocycles. The minimum atomic E-state index is -0.708. The Morgan fingerprint density at radius 1 is 1.12 bits per heavy atom. The van der Waals surface area contributed by atoms with Crippen LogP contribution in [0.1, 0.15) is 25.1 Å². The minimum Gasteiger partial charge on any atom is -0.462 e. The summed E-state index contributed by atoms with van der Waals surface area (Å²) >= 11 is 0. The highest BCUT2D eigenvalue weighted by atomic mass is 16.6. The molecule has 6 heteroatoms. The molecule has 0 fully saturated rings. The van der Waals surface area contributed by atoms with Crippen molar-refractivity contribution in [1.82, 2.24) is 4.57 Å². The number of carbonyl (C=O) groups is 2. The molecule has 0 atom stereocenters. The zero-order valence-corrected chi connectivity index (χ0v) is 15.3. The van der Waals surface area contributed by atoms with Crippen LogP contribution in [0.4, 0.5) is 5.69 Å². The molecule has 0 unspecified atom stereocenters. The average molecular weight is 344 g/mol. The van der Waals surface area contributed by atoms with Crippen LogP contribution in [0.2, 0.25) is 0 Å². The number of esters is 2. The van der Waals surface area contributed by atoms with Gasteiger partial charge in [-0.3, -0.25) is 0 Å². The number of aryl methyl sites for hydroxylation is 2. The Bertz CT molecular complexity index is 814. The van der Waals surface area contributed by atoms with Crippen LogP contribution < -0.4 is 5.32 Å². The van der Waals surface area contributed by atoms with E-state index in [1.807, 2.05) is 25.2 Å². The number of para-hydroxylation sites is 1. The van der Waals surface area contributed by atoms with Crippen LogP contribution in [0.3, 0.4) is 0 Å². The predicted molar refractivity (Wildman–Crippen MR) is 97.4 cm³/mol. The fourth-order valence-corrected chi connectivity index (χ4v) is 2.71. The third-order valence-corrected chi connectivity index (χ3v) is 4.18. The highest BCUT2D eigenvalue weighted by Crippen LogP contribution is 2.30. The molecule has 2 aromatic rings. The van der Waals surface area contributed by atoms with Crippen LogP contribution in [-0.4, -0.2) is 29.7 Å². The van der Waals surface area contributed by atoms with Gasteiger partial charge < -0.3 is 19.4 Å². The molecule has 0 radical (unpaired) electrons. The van der Waals surface area contributed by atoms with E-state index in [1.54, 1.807) is 13.8 Å². The molecular formula is C19H24N2O4. The smallest absolute Gasteiger partial charge is 0.347 e. The molecule has 6 nitrogen and oxygen atoms in total. The van der Waals surface area contributed by atoms with Gasteiger partial charge in [0.2, 0.25) is 0 Å². The van der Waals surface area contributed by atoms with Crippen molar-refractivity contribution >= 4 is 28.5 Å². The lowest BCUT2D eigenvalue weighted by Crippen LogP contribution is -2.19. The van der Waals surface area contributed by atoms with Gasteiger partial charge in [0.05, 0.1) is 24.4 Å². The molecule has 1 aromatic carbocycles. The molecule has 2 rings (SSSR count). The summed E-state index contributed by atoms with van der Waals surface area (Å²) in [6.45, 7) is 7.86. The first-order chi connectivity index (χ1) is 11.9. The molecule has 0 saturated carbocycles. The first kappa shape index (κ1) is 18.6. The largest absolute Gasteiger partial charge is 0.462 e. The Labute approximate surface area is 147 Å². The van der Waals surface area contributed by atoms with E-state index in [0.717, 1.165) is 22.3 Å². The Hall–Kier alpha value is -2.76. The lowest BCUT2D eigenvalue weighted by Gasteiger charge is -2.09. The van der Waals surface area contributed by atoms with Crippen molar-refractivity contribution in [3.63, 3.8) is 0 Å². The molecular weight excluding hydrogens is 320 g/mol. The van der Waals surface area contributed by atoms with Gasteiger partial charge in [-0.1, -0.05) is 12.1 Å². The van der Waals surface area contributed by atoms with Crippen molar-refractivity contribution in [1.29, 1.82) is 0 Å². The molecule has 1 N–H and O–H groups in total. The normalized spacial score (nSPS) is 10.4. The Balaban J connectivity index is 2.44. The average Bonchev–Trinajstić information content (AvgIpc) is 2.81. The number of benzene rings is 1. The summed E-state index contributed by atoms with van der Waals surface area (Å²) in [5.41, 5.74) is 3.98. The van der Waals surface area contributed by atoms with Crippen molar-refractivity contribution in [2.75, 3.05) is 18.5 Å². The maximum Gasteiger partial charge on any atom is 0.347 e. The highest BCUT2D eigenvalue weighted by Gasteiger charge is 2.21. The zero-order valence-electron chi connectivity index (χ0n) is 15.3. The van der Waals surface area contributed by atoms with Crippen molar-refractivity contribution in [3.05, 3.63) is 41.2 Å². The van der Waals surface area contributed by atoms with Crippen LogP contribution in [0, 0.1) is 13.8 Å². The fraction of sp³-hybridized carbons (Fsp3) is 0.368. The summed E-state index contributed by atoms with van der Waals surface area (Å²) in [5.74, 6) is -1.42. The number of rotatable bonds is 6. The number of hydrogen-bond donors (Lipinski definition) is 1. The zero-order chi connectivity index (χ0) is 18.6. The summed E-state index contributed by atoms with van der Waals surface area (Å²) in [6.07, 6.45) is 1.35. The highest BCUT2D eigenvalue weighted by molar-refractivity contribution is 6.14. The second kappa shape index (κ2) is 7.88. The summed E-state index contributed by atoms with van der Waals surface area (Å²) in [7, 11) is 1.98. The Morgan fingerprint density at radius 2 is 1.72 bits per heavy atom. The van der Waals surface area contributed by atoms with Gasteiger partial charge in [0.15, 0.2) is 5.57 Å². The number of anilines is 1. The minimum absolute atomic E-state index is 0.164. The Morgan fingerprint density at radius 3 is 2.28 bits per heavy atom. The number of aromatic nitrogens is 1. The first-order valence-electron chi connectivity index (χ1n) is 8.27. The third-order valence-electron chi connectivity index (χ3n) is 4.18. The molecule has 0 aliphatic rings. The number of carbonyl (C=O) groups excluding carboxylic acids is 2. The molecule has 0 amide bonds. The van der Waals surface area contributed by atoms with Gasteiger partial charge in [0.1, 0.15) is 0 Å². The molecule has 1 aromatic heterocycles. The van der Waals surface area contributed by atoms with E-state index in [1.165, 1.54) is 11.8 Å². The summed E-state index contributed by atoms with van der Waals surface area (Å²) in [6, 6.07) is 5.87. The van der Waals surface area contributed by atoms with E-state index in [-0.39, 0.29) is 18.8 Å². The van der Waals surface area contributed by atoms with Gasteiger partial charge in [-0.2, -0.15) is 0 Å². The van der Waals surface area contributed by atoms with Crippen LogP contribution in [0.5, 0.6) is 0 Å². The van der Waals surface area contributed by atoms with Crippen LogP contribution >= 0.6 is 0 Å². The Kier molecular flexibility index (Phi) is 5.85. The van der Waals surface area contributed by atoms with Crippen LogP contribution in [0.15, 0.2) is 30.0 Å². The number of hydrogen-bond acceptors (Lipinski definition) is 5. The molecule has 134 valence electrons. The number of ether oxygens (including phenoxy) is 2. The molecule has 0 aliphatic carbocycles. The predicted octanol–water partition coefficient (Wildman–Crippen LogP) is 3.22. The molecule has 0 saturated heterocycles. The van der Waals surface area contributed by atoms with Gasteiger partial charge in [-0.05, 0) is 39.3 Å². The quantitative estimate of drug-likeness (QED) is 0.377. The summed E-state index contributed by atoms with van der Waals surface area (Å²) in [5, 5.41) is 4.18. The van der Waals surface area contributed by atoms with Crippen LogP contribution in [0.25, 0.3) is 10.9 Å². The lowest BCUT2D eigenvalue weighted by atomic mass is 10.1. The van der Waals surface area contributed by atoms with E-state index < -0.39 is 11.9 Å². The van der Waals surface area contributed by atoms with Crippen molar-refractivity contribution in [2.45, 2.75) is 27.7 Å². The summed E-state index contributed by atoms with van der Waals surface area (Å²) < 4.78 is 12.0. The van der Waals surface area contributed by atoms with Crippen molar-refractivity contribution in [2.24, 2.45) is 7.05 Å². The number of nitrogens with one attached hydrogen (secondary N) is 1. The second-order valence-corrected chi connectivity index (χ2v) is 5.61. The van der Waals surface area contributed by atoms with Gasteiger partial charge in [-0.25, -0.2) is 9.59 Å². The van der Waals surface area contributed by atoms with Crippen LogP contribution in [-0.2, 0) is 26.1 Å². The lowest BCUT2D eigenvalue weighted by molar-refractivity contribution is -0.146. The molecule has 1 heterocycles. The van der Waals surface area contributed by atoms with E-state index >= 15 is 0 Å². The molecule has 25 heavy (non-hydrogen) atoms. The van der Waals surface area contributed by atoms with E-state index in [0.29, 0.717) is 0 Å². The SMILES string of the molecule is CCOC(=O)C(=CNc1cccc2c(C)c(C)n(C)c12)C(=O)OCC. The molecule has 0 bridgehead atoms. The summed E-state index contributed by atoms with van der Waals surface area (Å²) in [4.78, 5) is 24.1. The van der Waals surface area contributed by atoms with Gasteiger partial charge >= 0.3 is 11.9 Å². The molecule has 0 spiro atoms. The van der Waals surface area contributed by atoms with Gasteiger partial charge in [-0.15, -0.1) is 0 Å². The van der Waals surface area contributed by atoms with E-state index in [4.69, 9.17) is 9.47 Å². The van der Waals surface area contributed by atoms with Crippen molar-refractivity contribution in [3.8, 4) is 0 Å². The third kappa shape index (κ3) is 3.68. The maximum absolute atomic E-state index is 12.0. The standard InChI is InChI=1S/C19H24N2O4/c1-6-24-18(22)15(19(23)25-7-2)11-20-16-10-8-9-14-12(3)13(4)21(5)17(14)16/h8-11,20H,6-7H2,1-5H3. The number of nitrogens with zero attached hydrogens (tertiary/aromatic N) is 1. The van der Waals surface area contributed by atoms with E-state index in [9.17, 15) is 9.59 Å². The fourth-order valence-electron chi connectivity index (χ4n) is 2.71. The monoisotopic (exact) mass is 344 g/mol. The van der Waals surface area contributed by atoms with E-state index in [2.05, 4.69) is 23.7 Å². The second-order valence-electron chi connectivity index (χ2n) is 5.61. The number of fused-ring (bicyclic) bond motifs is 1. The topological polar surface area (TPSA) is 69.6 Å². The first-order valence-corrected chi connectivity index (χ1v) is 8.27. The van der Waals surface area contributed by atoms with Gasteiger partial charge in [0.25, 0.3) is 0 Å². The van der Waals surface area contributed by atoms with Crippen molar-refractivity contribution < 1.29 is 19.1 Å². The van der Waals surface area contributed by atoms with Gasteiger partial charge in [0, 0.05) is 24.3 Å².